The molecule has 1 aromatic heterocycles. The van der Waals surface area contributed by atoms with E-state index in [-0.39, 0.29) is 0 Å². The van der Waals surface area contributed by atoms with Crippen molar-refractivity contribution in [2.45, 2.75) is 0 Å². The van der Waals surface area contributed by atoms with Crippen LogP contribution in [0, 0.1) is 0 Å². The van der Waals surface area contributed by atoms with Crippen LogP contribution in [0.3, 0.4) is 0 Å². The fourth-order valence-electron chi connectivity index (χ4n) is 0.901. The average Bonchev–Trinajstić information content (AvgIpc) is 2.51. The molecule has 0 fully saturated rings. The highest BCUT2D eigenvalue weighted by Crippen LogP contribution is 2.02. The molecule has 0 unspecified atom stereocenters. The number of hydrogen-bond acceptors (Lipinski definition) is 4. The molecule has 0 aliphatic rings. The zero-order chi connectivity index (χ0) is 8.97. The number of hydrogen-bond donors (Lipinski definition) is 1. The summed E-state index contributed by atoms with van der Waals surface area (Å²) in [6.07, 6.45) is 1.55. The first-order valence-corrected chi connectivity index (χ1v) is 3.63. The summed E-state index contributed by atoms with van der Waals surface area (Å²) in [6, 6.07) is 3.52. The number of nitrogens with zero attached hydrogens (tertiary/aromatic N) is 2. The monoisotopic (exact) mass is 168 g/mol. The molecule has 0 saturated heterocycles. The quantitative estimate of drug-likeness (QED) is 0.416. The van der Waals surface area contributed by atoms with Crippen LogP contribution in [0.2, 0.25) is 0 Å². The smallest absolute Gasteiger partial charge is 0.152 e. The van der Waals surface area contributed by atoms with E-state index in [0.29, 0.717) is 18.0 Å². The number of oxime groups is 1. The molecule has 4 heteroatoms. The van der Waals surface area contributed by atoms with Crippen LogP contribution >= 0.6 is 0 Å². The topological polar surface area (TPSA) is 49.0 Å². The molecule has 12 heavy (non-hydrogen) atoms. The van der Waals surface area contributed by atoms with E-state index < -0.39 is 0 Å². The van der Waals surface area contributed by atoms with Gasteiger partial charge in [-0.1, -0.05) is 5.16 Å². The second-order valence-electron chi connectivity index (χ2n) is 2.76. The Bertz CT molecular complexity index is 252. The van der Waals surface area contributed by atoms with E-state index in [1.807, 2.05) is 19.0 Å². The summed E-state index contributed by atoms with van der Waals surface area (Å²) in [7, 11) is 3.79. The first-order valence-electron chi connectivity index (χ1n) is 3.63. The SMILES string of the molecule is CN(C)C/C(=N/O)c1ccco1. The van der Waals surface area contributed by atoms with E-state index in [9.17, 15) is 0 Å². The molecule has 0 radical (unpaired) electrons. The second-order valence-corrected chi connectivity index (χ2v) is 2.76. The largest absolute Gasteiger partial charge is 0.463 e. The van der Waals surface area contributed by atoms with Gasteiger partial charge in [0.1, 0.15) is 5.71 Å². The van der Waals surface area contributed by atoms with Crippen LogP contribution < -0.4 is 0 Å². The van der Waals surface area contributed by atoms with Crippen molar-refractivity contribution in [2.75, 3.05) is 20.6 Å². The Kier molecular flexibility index (Phi) is 2.88. The second kappa shape index (κ2) is 3.92. The predicted molar refractivity (Wildman–Crippen MR) is 45.6 cm³/mol. The lowest BCUT2D eigenvalue weighted by Crippen LogP contribution is -2.22. The molecule has 1 rings (SSSR count). The standard InChI is InChI=1S/C8H12N2O2/c1-10(2)6-7(9-11)8-4-3-5-12-8/h3-5,11H,6H2,1-2H3/b9-7-. The van der Waals surface area contributed by atoms with Crippen molar-refractivity contribution in [3.8, 4) is 0 Å². The van der Waals surface area contributed by atoms with E-state index in [4.69, 9.17) is 9.62 Å². The molecule has 66 valence electrons. The zero-order valence-corrected chi connectivity index (χ0v) is 7.19. The first kappa shape index (κ1) is 8.80. The molecule has 0 spiro atoms. The lowest BCUT2D eigenvalue weighted by Gasteiger charge is -2.08. The van der Waals surface area contributed by atoms with Gasteiger partial charge in [-0.15, -0.1) is 0 Å². The van der Waals surface area contributed by atoms with Crippen LogP contribution in [0.1, 0.15) is 5.76 Å². The van der Waals surface area contributed by atoms with Crippen molar-refractivity contribution in [2.24, 2.45) is 5.16 Å². The van der Waals surface area contributed by atoms with Crippen molar-refractivity contribution in [3.63, 3.8) is 0 Å². The molecule has 0 amide bonds. The van der Waals surface area contributed by atoms with Gasteiger partial charge in [0.05, 0.1) is 6.26 Å². The number of likely N-dealkylation sites (N-methyl/N-ethyl adjacent to an activating group) is 1. The molecule has 1 aromatic rings. The first-order chi connectivity index (χ1) is 5.74. The van der Waals surface area contributed by atoms with Gasteiger partial charge in [-0.2, -0.15) is 0 Å². The van der Waals surface area contributed by atoms with Gasteiger partial charge in [0.15, 0.2) is 5.76 Å². The molecular weight excluding hydrogens is 156 g/mol. The molecular formula is C8H12N2O2. The van der Waals surface area contributed by atoms with Crippen LogP contribution in [-0.4, -0.2) is 36.5 Å². The van der Waals surface area contributed by atoms with Gasteiger partial charge in [-0.3, -0.25) is 0 Å². The molecule has 0 aromatic carbocycles. The van der Waals surface area contributed by atoms with Crippen LogP contribution in [0.25, 0.3) is 0 Å². The fraction of sp³-hybridized carbons (Fsp3) is 0.375. The Balaban J connectivity index is 2.72. The molecule has 0 aliphatic carbocycles. The van der Waals surface area contributed by atoms with Crippen molar-refractivity contribution < 1.29 is 9.62 Å². The van der Waals surface area contributed by atoms with E-state index in [2.05, 4.69) is 5.16 Å². The summed E-state index contributed by atoms with van der Waals surface area (Å²) in [5.74, 6) is 0.603. The Morgan fingerprint density at radius 3 is 2.83 bits per heavy atom. The van der Waals surface area contributed by atoms with Crippen LogP contribution in [0.5, 0.6) is 0 Å². The third kappa shape index (κ3) is 2.10. The lowest BCUT2D eigenvalue weighted by molar-refractivity contribution is 0.313. The molecule has 0 atom stereocenters. The summed E-state index contributed by atoms with van der Waals surface area (Å²) >= 11 is 0. The summed E-state index contributed by atoms with van der Waals surface area (Å²) in [5.41, 5.74) is 0.532. The van der Waals surface area contributed by atoms with Gasteiger partial charge in [0, 0.05) is 6.54 Å². The molecule has 0 bridgehead atoms. The van der Waals surface area contributed by atoms with E-state index in [1.54, 1.807) is 18.4 Å². The highest BCUT2D eigenvalue weighted by Gasteiger charge is 2.07. The third-order valence-corrected chi connectivity index (χ3v) is 1.39. The van der Waals surface area contributed by atoms with Gasteiger partial charge in [-0.25, -0.2) is 0 Å². The summed E-state index contributed by atoms with van der Waals surface area (Å²) in [4.78, 5) is 1.90. The van der Waals surface area contributed by atoms with Gasteiger partial charge < -0.3 is 14.5 Å². The minimum atomic E-state index is 0.532. The summed E-state index contributed by atoms with van der Waals surface area (Å²) in [5, 5.41) is 11.8. The van der Waals surface area contributed by atoms with Crippen molar-refractivity contribution in [1.82, 2.24) is 4.90 Å². The Morgan fingerprint density at radius 1 is 1.67 bits per heavy atom. The van der Waals surface area contributed by atoms with E-state index >= 15 is 0 Å². The highest BCUT2D eigenvalue weighted by molar-refractivity contribution is 5.99. The van der Waals surface area contributed by atoms with Crippen LogP contribution in [0.15, 0.2) is 28.0 Å². The van der Waals surface area contributed by atoms with Gasteiger partial charge in [0.2, 0.25) is 0 Å². The maximum Gasteiger partial charge on any atom is 0.152 e. The van der Waals surface area contributed by atoms with Gasteiger partial charge >= 0.3 is 0 Å². The van der Waals surface area contributed by atoms with Crippen molar-refractivity contribution >= 4 is 5.71 Å². The predicted octanol–water partition coefficient (Wildman–Crippen LogP) is 1.02. The lowest BCUT2D eigenvalue weighted by atomic mass is 10.3. The van der Waals surface area contributed by atoms with E-state index in [1.165, 1.54) is 0 Å². The third-order valence-electron chi connectivity index (χ3n) is 1.39. The molecule has 1 N–H and O–H groups in total. The molecule has 0 saturated carbocycles. The van der Waals surface area contributed by atoms with E-state index in [0.717, 1.165) is 0 Å². The normalized spacial score (nSPS) is 12.4. The minimum absolute atomic E-state index is 0.532. The van der Waals surface area contributed by atoms with Crippen molar-refractivity contribution in [1.29, 1.82) is 0 Å². The molecule has 4 nitrogen and oxygen atoms in total. The zero-order valence-electron chi connectivity index (χ0n) is 7.19. The Labute approximate surface area is 71.1 Å². The Morgan fingerprint density at radius 2 is 2.42 bits per heavy atom. The fourth-order valence-corrected chi connectivity index (χ4v) is 0.901. The summed E-state index contributed by atoms with van der Waals surface area (Å²) in [6.45, 7) is 0.560. The maximum atomic E-state index is 8.65. The van der Waals surface area contributed by atoms with Crippen LogP contribution in [0.4, 0.5) is 0 Å². The average molecular weight is 168 g/mol. The van der Waals surface area contributed by atoms with Gasteiger partial charge in [-0.05, 0) is 26.2 Å². The molecule has 1 heterocycles. The maximum absolute atomic E-state index is 8.65. The summed E-state index contributed by atoms with van der Waals surface area (Å²) < 4.78 is 5.07. The Hall–Kier alpha value is -1.29. The molecule has 0 aliphatic heterocycles. The highest BCUT2D eigenvalue weighted by atomic mass is 16.4. The van der Waals surface area contributed by atoms with Crippen LogP contribution in [-0.2, 0) is 0 Å². The number of rotatable bonds is 3. The number of furan rings is 1. The minimum Gasteiger partial charge on any atom is -0.463 e. The van der Waals surface area contributed by atoms with Gasteiger partial charge in [0.25, 0.3) is 0 Å². The van der Waals surface area contributed by atoms with Crippen molar-refractivity contribution in [3.05, 3.63) is 24.2 Å².